The molecule has 0 spiro atoms. The zero-order valence-corrected chi connectivity index (χ0v) is 14.1. The second-order valence-electron chi connectivity index (χ2n) is 5.85. The van der Waals surface area contributed by atoms with Crippen LogP contribution in [0, 0.1) is 0 Å². The van der Waals surface area contributed by atoms with E-state index in [-0.39, 0.29) is 0 Å². The highest BCUT2D eigenvalue weighted by atomic mass is 19.4. The fraction of sp³-hybridized carbons (Fsp3) is 1.00. The molecule has 0 bridgehead atoms. The van der Waals surface area contributed by atoms with Gasteiger partial charge in [-0.3, -0.25) is 0 Å². The summed E-state index contributed by atoms with van der Waals surface area (Å²) in [7, 11) is 0. The van der Waals surface area contributed by atoms with E-state index in [1.807, 2.05) is 0 Å². The van der Waals surface area contributed by atoms with E-state index in [1.54, 1.807) is 0 Å². The van der Waals surface area contributed by atoms with Gasteiger partial charge in [0.25, 0.3) is 12.3 Å². The largest absolute Gasteiger partial charge is 0.425 e. The van der Waals surface area contributed by atoms with Crippen molar-refractivity contribution in [3.63, 3.8) is 0 Å². The van der Waals surface area contributed by atoms with Crippen LogP contribution in [-0.2, 0) is 4.74 Å². The highest BCUT2D eigenvalue weighted by Crippen LogP contribution is 2.44. The summed E-state index contributed by atoms with van der Waals surface area (Å²) in [6, 6.07) is 0. The number of rotatable bonds is 10. The van der Waals surface area contributed by atoms with E-state index in [1.165, 1.54) is 0 Å². The van der Waals surface area contributed by atoms with Crippen molar-refractivity contribution < 1.29 is 57.4 Å². The molecule has 0 heterocycles. The zero-order valence-electron chi connectivity index (χ0n) is 14.1. The standard InChI is InChI=1S/C14H18F12O/c1-3-5-7(11(17,18)9(15)13(21,22)23)27-8(6-4-2)12(19,20)10(16)14(24,25)26/h7-10H,3-6H2,1-2H3. The van der Waals surface area contributed by atoms with Crippen LogP contribution in [0.2, 0.25) is 0 Å². The smallest absolute Gasteiger partial charge is 0.362 e. The Morgan fingerprint density at radius 1 is 0.593 bits per heavy atom. The molecule has 0 saturated heterocycles. The molecule has 0 amide bonds. The Morgan fingerprint density at radius 3 is 1.04 bits per heavy atom. The van der Waals surface area contributed by atoms with Gasteiger partial charge in [0.1, 0.15) is 12.2 Å². The Kier molecular flexibility index (Phi) is 8.78. The number of halogens is 12. The maximum absolute atomic E-state index is 13.8. The average molecular weight is 430 g/mol. The lowest BCUT2D eigenvalue weighted by atomic mass is 9.99. The molecular weight excluding hydrogens is 412 g/mol. The molecule has 13 heteroatoms. The van der Waals surface area contributed by atoms with Gasteiger partial charge < -0.3 is 4.74 Å². The minimum Gasteiger partial charge on any atom is -0.362 e. The minimum atomic E-state index is -6.07. The number of hydrogen-bond acceptors (Lipinski definition) is 1. The summed E-state index contributed by atoms with van der Waals surface area (Å²) in [5.74, 6) is -10.7. The van der Waals surface area contributed by atoms with E-state index < -0.39 is 74.4 Å². The van der Waals surface area contributed by atoms with Crippen molar-refractivity contribution in [3.8, 4) is 0 Å². The summed E-state index contributed by atoms with van der Waals surface area (Å²) in [6.07, 6.45) is -31.0. The van der Waals surface area contributed by atoms with Gasteiger partial charge in [0.2, 0.25) is 0 Å². The van der Waals surface area contributed by atoms with E-state index in [4.69, 9.17) is 0 Å². The first-order chi connectivity index (χ1) is 11.9. The normalized spacial score (nSPS) is 18.9. The van der Waals surface area contributed by atoms with Gasteiger partial charge in [0.05, 0.1) is 0 Å². The first kappa shape index (κ1) is 26.1. The number of hydrogen-bond donors (Lipinski definition) is 0. The SMILES string of the molecule is CCCC(OC(CCC)C(F)(F)C(F)C(F)(F)F)C(F)(F)C(F)C(F)(F)F. The van der Waals surface area contributed by atoms with Gasteiger partial charge in [0.15, 0.2) is 0 Å². The average Bonchev–Trinajstić information content (AvgIpc) is 2.50. The van der Waals surface area contributed by atoms with E-state index >= 15 is 0 Å². The van der Waals surface area contributed by atoms with Crippen molar-refractivity contribution in [3.05, 3.63) is 0 Å². The van der Waals surface area contributed by atoms with Crippen LogP contribution in [0.1, 0.15) is 39.5 Å². The Hall–Kier alpha value is -0.880. The molecule has 0 N–H and O–H groups in total. The van der Waals surface area contributed by atoms with Crippen LogP contribution < -0.4 is 0 Å². The second kappa shape index (κ2) is 9.08. The molecule has 0 aromatic heterocycles. The van der Waals surface area contributed by atoms with Gasteiger partial charge in [-0.1, -0.05) is 26.7 Å². The molecule has 0 radical (unpaired) electrons. The summed E-state index contributed by atoms with van der Waals surface area (Å²) in [6.45, 7) is 2.24. The summed E-state index contributed by atoms with van der Waals surface area (Å²) >= 11 is 0. The molecule has 0 aromatic rings. The lowest BCUT2D eigenvalue weighted by Crippen LogP contribution is -2.56. The molecule has 0 aromatic carbocycles. The van der Waals surface area contributed by atoms with Crippen LogP contribution >= 0.6 is 0 Å². The molecule has 0 aliphatic rings. The zero-order chi connectivity index (χ0) is 21.8. The topological polar surface area (TPSA) is 9.23 Å². The molecule has 0 rings (SSSR count). The van der Waals surface area contributed by atoms with Gasteiger partial charge in [-0.15, -0.1) is 0 Å². The molecule has 4 unspecified atom stereocenters. The maximum Gasteiger partial charge on any atom is 0.425 e. The molecule has 0 aliphatic heterocycles. The number of alkyl halides is 12. The van der Waals surface area contributed by atoms with Crippen LogP contribution in [0.4, 0.5) is 52.7 Å². The molecule has 164 valence electrons. The van der Waals surface area contributed by atoms with Crippen molar-refractivity contribution >= 4 is 0 Å². The Morgan fingerprint density at radius 2 is 0.852 bits per heavy atom. The van der Waals surface area contributed by atoms with Crippen LogP contribution in [0.5, 0.6) is 0 Å². The summed E-state index contributed by atoms with van der Waals surface area (Å²) < 4.78 is 159. The van der Waals surface area contributed by atoms with E-state index in [2.05, 4.69) is 4.74 Å². The molecule has 0 fully saturated rings. The quantitative estimate of drug-likeness (QED) is 0.364. The predicted molar refractivity (Wildman–Crippen MR) is 70.3 cm³/mol. The molecular formula is C14H18F12O. The second-order valence-corrected chi connectivity index (χ2v) is 5.85. The van der Waals surface area contributed by atoms with Gasteiger partial charge in [-0.25, -0.2) is 26.3 Å². The third-order valence-electron chi connectivity index (χ3n) is 3.54. The molecule has 0 aliphatic carbocycles. The van der Waals surface area contributed by atoms with E-state index in [0.29, 0.717) is 0 Å². The maximum atomic E-state index is 13.8. The monoisotopic (exact) mass is 430 g/mol. The highest BCUT2D eigenvalue weighted by Gasteiger charge is 2.64. The molecule has 0 saturated carbocycles. The fourth-order valence-electron chi connectivity index (χ4n) is 2.19. The predicted octanol–water partition coefficient (Wildman–Crippen LogP) is 6.41. The van der Waals surface area contributed by atoms with Crippen LogP contribution in [0.15, 0.2) is 0 Å². The fourth-order valence-corrected chi connectivity index (χ4v) is 2.19. The summed E-state index contributed by atoms with van der Waals surface area (Å²) in [5.41, 5.74) is 0. The summed E-state index contributed by atoms with van der Waals surface area (Å²) in [4.78, 5) is 0. The molecule has 4 atom stereocenters. The lowest BCUT2D eigenvalue weighted by molar-refractivity contribution is -0.309. The first-order valence-corrected chi connectivity index (χ1v) is 7.76. The van der Waals surface area contributed by atoms with Crippen molar-refractivity contribution in [2.24, 2.45) is 0 Å². The van der Waals surface area contributed by atoms with Crippen LogP contribution in [0.25, 0.3) is 0 Å². The van der Waals surface area contributed by atoms with Crippen molar-refractivity contribution in [1.82, 2.24) is 0 Å². The van der Waals surface area contributed by atoms with Crippen molar-refractivity contribution in [2.75, 3.05) is 0 Å². The Labute approximate surface area is 147 Å². The van der Waals surface area contributed by atoms with E-state index in [9.17, 15) is 52.7 Å². The molecule has 27 heavy (non-hydrogen) atoms. The van der Waals surface area contributed by atoms with Gasteiger partial charge in [0, 0.05) is 0 Å². The van der Waals surface area contributed by atoms with Gasteiger partial charge >= 0.3 is 24.2 Å². The van der Waals surface area contributed by atoms with Crippen LogP contribution in [-0.4, -0.2) is 48.7 Å². The third kappa shape index (κ3) is 6.60. The summed E-state index contributed by atoms with van der Waals surface area (Å²) in [5, 5.41) is 0. The lowest BCUT2D eigenvalue weighted by Gasteiger charge is -2.36. The minimum absolute atomic E-state index is 0.395. The third-order valence-corrected chi connectivity index (χ3v) is 3.54. The van der Waals surface area contributed by atoms with Crippen molar-refractivity contribution in [2.45, 2.75) is 88.3 Å². The Balaban J connectivity index is 5.83. The van der Waals surface area contributed by atoms with Gasteiger partial charge in [-0.05, 0) is 12.8 Å². The Bertz CT molecular complexity index is 404. The number of ether oxygens (including phenoxy) is 1. The highest BCUT2D eigenvalue weighted by molar-refractivity contribution is 4.94. The van der Waals surface area contributed by atoms with Crippen molar-refractivity contribution in [1.29, 1.82) is 0 Å². The first-order valence-electron chi connectivity index (χ1n) is 7.76. The van der Waals surface area contributed by atoms with Gasteiger partial charge in [-0.2, -0.15) is 26.3 Å². The van der Waals surface area contributed by atoms with Crippen LogP contribution in [0.3, 0.4) is 0 Å². The molecule has 1 nitrogen and oxygen atoms in total. The van der Waals surface area contributed by atoms with E-state index in [0.717, 1.165) is 13.8 Å².